The summed E-state index contributed by atoms with van der Waals surface area (Å²) in [6, 6.07) is 7.92. The first-order valence-corrected chi connectivity index (χ1v) is 10.7. The normalized spacial score (nSPS) is 26.8. The highest BCUT2D eigenvalue weighted by Gasteiger charge is 2.52. The zero-order valence-electron chi connectivity index (χ0n) is 16.0. The third-order valence-electron chi connectivity index (χ3n) is 5.88. The summed E-state index contributed by atoms with van der Waals surface area (Å²) in [5.41, 5.74) is 2.37. The van der Waals surface area contributed by atoms with Gasteiger partial charge in [0.2, 0.25) is 3.79 Å². The number of carbonyl (C=O) groups excluding carboxylic acids is 2. The van der Waals surface area contributed by atoms with Crippen molar-refractivity contribution in [3.8, 4) is 0 Å². The molecule has 2 bridgehead atoms. The van der Waals surface area contributed by atoms with Gasteiger partial charge >= 0.3 is 12.0 Å². The minimum atomic E-state index is -1.56. The highest BCUT2D eigenvalue weighted by molar-refractivity contribution is 6.67. The number of hydrogen-bond acceptors (Lipinski definition) is 3. The summed E-state index contributed by atoms with van der Waals surface area (Å²) in [4.78, 5) is 27.2. The summed E-state index contributed by atoms with van der Waals surface area (Å²) in [7, 11) is 1.40. The van der Waals surface area contributed by atoms with Crippen molar-refractivity contribution in [2.75, 3.05) is 13.7 Å². The first-order valence-electron chi connectivity index (χ1n) is 9.54. The number of ether oxygens (including phenoxy) is 1. The molecule has 0 aromatic heterocycles. The molecule has 2 saturated heterocycles. The standard InChI is InChI=1S/C20H25Cl3N2O3/c1-3-12-4-6-13(7-5-12)15-10-14-8-9-16(17(15)18(26)28-2)25(14)19(27)24-11-20(21,22)23/h4-7,14-17H,3,8-11H2,1-2H3,(H,24,27)/t14-,15+,16+,17-/m0/s1. The molecule has 1 aromatic carbocycles. The summed E-state index contributed by atoms with van der Waals surface area (Å²) >= 11 is 17.3. The van der Waals surface area contributed by atoms with Gasteiger partial charge in [-0.3, -0.25) is 4.79 Å². The second-order valence-electron chi connectivity index (χ2n) is 7.47. The molecule has 0 aliphatic carbocycles. The number of nitrogens with zero attached hydrogens (tertiary/aromatic N) is 1. The van der Waals surface area contributed by atoms with Gasteiger partial charge in [-0.15, -0.1) is 0 Å². The Labute approximate surface area is 180 Å². The largest absolute Gasteiger partial charge is 0.469 e. The number of amides is 2. The molecule has 0 spiro atoms. The van der Waals surface area contributed by atoms with Gasteiger partial charge in [-0.25, -0.2) is 4.79 Å². The molecular weight excluding hydrogens is 423 g/mol. The molecule has 3 rings (SSSR count). The highest BCUT2D eigenvalue weighted by Crippen LogP contribution is 2.47. The monoisotopic (exact) mass is 446 g/mol. The molecule has 1 N–H and O–H groups in total. The van der Waals surface area contributed by atoms with Gasteiger partial charge in [0.05, 0.1) is 19.6 Å². The molecule has 2 aliphatic rings. The number of esters is 1. The van der Waals surface area contributed by atoms with Crippen LogP contribution in [0.5, 0.6) is 0 Å². The Morgan fingerprint density at radius 2 is 1.89 bits per heavy atom. The van der Waals surface area contributed by atoms with E-state index in [-0.39, 0.29) is 36.5 Å². The lowest BCUT2D eigenvalue weighted by Gasteiger charge is -2.43. The van der Waals surface area contributed by atoms with E-state index in [1.807, 2.05) is 0 Å². The maximum atomic E-state index is 12.8. The maximum absolute atomic E-state index is 12.8. The minimum Gasteiger partial charge on any atom is -0.469 e. The van der Waals surface area contributed by atoms with Gasteiger partial charge in [-0.1, -0.05) is 66.0 Å². The predicted octanol–water partition coefficient (Wildman–Crippen LogP) is 4.44. The molecule has 5 nitrogen and oxygen atoms in total. The van der Waals surface area contributed by atoms with E-state index in [1.165, 1.54) is 12.7 Å². The molecule has 8 heteroatoms. The maximum Gasteiger partial charge on any atom is 0.318 e. The first kappa shape index (κ1) is 21.5. The highest BCUT2D eigenvalue weighted by atomic mass is 35.6. The molecule has 154 valence electrons. The smallest absolute Gasteiger partial charge is 0.318 e. The molecule has 2 amide bonds. The molecule has 2 aliphatic heterocycles. The van der Waals surface area contributed by atoms with E-state index in [0.29, 0.717) is 6.42 Å². The predicted molar refractivity (Wildman–Crippen MR) is 111 cm³/mol. The van der Waals surface area contributed by atoms with Crippen LogP contribution in [0, 0.1) is 5.92 Å². The van der Waals surface area contributed by atoms with Crippen molar-refractivity contribution in [1.29, 1.82) is 0 Å². The van der Waals surface area contributed by atoms with Gasteiger partial charge in [-0.2, -0.15) is 0 Å². The zero-order valence-corrected chi connectivity index (χ0v) is 18.2. The molecule has 0 saturated carbocycles. The number of benzene rings is 1. The lowest BCUT2D eigenvalue weighted by molar-refractivity contribution is -0.149. The number of rotatable bonds is 4. The van der Waals surface area contributed by atoms with E-state index in [0.717, 1.165) is 24.8 Å². The first-order chi connectivity index (χ1) is 13.2. The SMILES string of the molecule is CCc1ccc([C@H]2C[C@@H]3CC[C@H]([C@H]2C(=O)OC)N3C(=O)NCC(Cl)(Cl)Cl)cc1. The lowest BCUT2D eigenvalue weighted by atomic mass is 9.76. The molecular formula is C20H25Cl3N2O3. The van der Waals surface area contributed by atoms with Gasteiger partial charge in [0.25, 0.3) is 0 Å². The van der Waals surface area contributed by atoms with Crippen LogP contribution < -0.4 is 5.32 Å². The third-order valence-corrected chi connectivity index (χ3v) is 6.29. The van der Waals surface area contributed by atoms with Crippen molar-refractivity contribution in [1.82, 2.24) is 10.2 Å². The number of piperidine rings is 1. The van der Waals surface area contributed by atoms with Crippen LogP contribution in [0.25, 0.3) is 0 Å². The summed E-state index contributed by atoms with van der Waals surface area (Å²) in [6.07, 6.45) is 3.29. The molecule has 1 aromatic rings. The van der Waals surface area contributed by atoms with Crippen LogP contribution in [0.4, 0.5) is 4.79 Å². The van der Waals surface area contributed by atoms with Gasteiger partial charge in [0.1, 0.15) is 0 Å². The van der Waals surface area contributed by atoms with E-state index in [4.69, 9.17) is 39.5 Å². The second kappa shape index (κ2) is 8.68. The van der Waals surface area contributed by atoms with E-state index >= 15 is 0 Å². The number of urea groups is 1. The number of alkyl halides is 3. The van der Waals surface area contributed by atoms with Crippen molar-refractivity contribution in [2.24, 2.45) is 5.92 Å². The Kier molecular flexibility index (Phi) is 6.68. The Bertz CT molecular complexity index is 720. The number of halogens is 3. The minimum absolute atomic E-state index is 0.0214. The average Bonchev–Trinajstić information content (AvgIpc) is 2.98. The topological polar surface area (TPSA) is 58.6 Å². The van der Waals surface area contributed by atoms with Crippen molar-refractivity contribution in [3.05, 3.63) is 35.4 Å². The Morgan fingerprint density at radius 1 is 1.21 bits per heavy atom. The third kappa shape index (κ3) is 4.52. The van der Waals surface area contributed by atoms with Crippen molar-refractivity contribution >= 4 is 46.8 Å². The zero-order chi connectivity index (χ0) is 20.5. The van der Waals surface area contributed by atoms with E-state index in [1.54, 1.807) is 4.90 Å². The van der Waals surface area contributed by atoms with Gasteiger partial charge < -0.3 is 15.0 Å². The van der Waals surface area contributed by atoms with Gasteiger partial charge in [0.15, 0.2) is 0 Å². The Morgan fingerprint density at radius 3 is 2.46 bits per heavy atom. The van der Waals surface area contributed by atoms with Crippen molar-refractivity contribution < 1.29 is 14.3 Å². The molecule has 0 unspecified atom stereocenters. The number of hydrogen-bond donors (Lipinski definition) is 1. The van der Waals surface area contributed by atoms with Crippen molar-refractivity contribution in [3.63, 3.8) is 0 Å². The van der Waals surface area contributed by atoms with Crippen LogP contribution in [0.2, 0.25) is 0 Å². The van der Waals surface area contributed by atoms with Crippen LogP contribution in [-0.2, 0) is 16.0 Å². The summed E-state index contributed by atoms with van der Waals surface area (Å²) in [6.45, 7) is 2.03. The molecule has 0 radical (unpaired) electrons. The number of methoxy groups -OCH3 is 1. The second-order valence-corrected chi connectivity index (χ2v) is 9.98. The summed E-state index contributed by atoms with van der Waals surface area (Å²) < 4.78 is 3.56. The number of nitrogens with one attached hydrogen (secondary N) is 1. The Balaban J connectivity index is 1.85. The summed E-state index contributed by atoms with van der Waals surface area (Å²) in [5, 5.41) is 2.68. The fourth-order valence-electron chi connectivity index (χ4n) is 4.59. The fourth-order valence-corrected chi connectivity index (χ4v) is 4.79. The van der Waals surface area contributed by atoms with Gasteiger partial charge in [0, 0.05) is 18.0 Å². The van der Waals surface area contributed by atoms with Crippen LogP contribution >= 0.6 is 34.8 Å². The van der Waals surface area contributed by atoms with Crippen LogP contribution in [-0.4, -0.2) is 46.4 Å². The molecule has 4 atom stereocenters. The van der Waals surface area contributed by atoms with Gasteiger partial charge in [-0.05, 0) is 36.8 Å². The fraction of sp³-hybridized carbons (Fsp3) is 0.600. The number of fused-ring (bicyclic) bond motifs is 2. The quantitative estimate of drug-likeness (QED) is 0.548. The van der Waals surface area contributed by atoms with E-state index in [2.05, 4.69) is 36.5 Å². The number of aryl methyl sites for hydroxylation is 1. The average molecular weight is 448 g/mol. The van der Waals surface area contributed by atoms with E-state index < -0.39 is 9.71 Å². The molecule has 28 heavy (non-hydrogen) atoms. The Hall–Kier alpha value is -1.17. The van der Waals surface area contributed by atoms with Crippen LogP contribution in [0.1, 0.15) is 43.2 Å². The van der Waals surface area contributed by atoms with E-state index in [9.17, 15) is 9.59 Å². The lowest BCUT2D eigenvalue weighted by Crippen LogP contribution is -2.56. The molecule has 2 fully saturated rings. The number of carbonyl (C=O) groups is 2. The van der Waals surface area contributed by atoms with Crippen LogP contribution in [0.15, 0.2) is 24.3 Å². The molecule has 2 heterocycles. The summed E-state index contributed by atoms with van der Waals surface area (Å²) in [5.74, 6) is -0.670. The van der Waals surface area contributed by atoms with Crippen LogP contribution in [0.3, 0.4) is 0 Å². The van der Waals surface area contributed by atoms with Crippen molar-refractivity contribution in [2.45, 2.75) is 54.4 Å².